The van der Waals surface area contributed by atoms with Gasteiger partial charge in [0.05, 0.1) is 31.7 Å². The minimum Gasteiger partial charge on any atom is -0.744 e. The Morgan fingerprint density at radius 1 is 1.24 bits per heavy atom. The Labute approximate surface area is 149 Å². The molecule has 0 bridgehead atoms. The number of epoxide rings is 2. The van der Waals surface area contributed by atoms with Crippen molar-refractivity contribution in [2.24, 2.45) is 0 Å². The molecule has 3 rings (SSSR count). The summed E-state index contributed by atoms with van der Waals surface area (Å²) in [5.41, 5.74) is 0.336. The third-order valence-corrected chi connectivity index (χ3v) is 5.28. The van der Waals surface area contributed by atoms with Crippen LogP contribution in [0.2, 0.25) is 0 Å². The van der Waals surface area contributed by atoms with Crippen molar-refractivity contribution in [3.63, 3.8) is 0 Å². The van der Waals surface area contributed by atoms with Gasteiger partial charge in [-0.05, 0) is 31.0 Å². The fraction of sp³-hybridized carbons (Fsp3) is 0.647. The lowest BCUT2D eigenvalue weighted by Crippen LogP contribution is -2.49. The number of likely N-dealkylation sites (N-methyl/N-ethyl adjacent to an activating group) is 1. The smallest absolute Gasteiger partial charge is 0.130 e. The molecule has 2 unspecified atom stereocenters. The molecule has 2 fully saturated rings. The lowest BCUT2D eigenvalue weighted by atomic mass is 10.2. The van der Waals surface area contributed by atoms with E-state index in [0.717, 1.165) is 23.8 Å². The molecule has 0 amide bonds. The zero-order valence-electron chi connectivity index (χ0n) is 15.0. The molecule has 0 spiro atoms. The molecule has 7 nitrogen and oxygen atoms in total. The normalized spacial score (nSPS) is 24.0. The van der Waals surface area contributed by atoms with Crippen LogP contribution in [0.1, 0.15) is 18.9 Å². The summed E-state index contributed by atoms with van der Waals surface area (Å²) in [5, 5.41) is 8.90. The molecule has 0 saturated carbocycles. The van der Waals surface area contributed by atoms with Gasteiger partial charge in [0.1, 0.15) is 41.2 Å². The van der Waals surface area contributed by atoms with E-state index in [1.54, 1.807) is 0 Å². The molecule has 1 N–H and O–H groups in total. The summed E-state index contributed by atoms with van der Waals surface area (Å²) >= 11 is 0. The van der Waals surface area contributed by atoms with Gasteiger partial charge in [0.25, 0.3) is 0 Å². The molecule has 1 aromatic rings. The Hall–Kier alpha value is -1.19. The van der Waals surface area contributed by atoms with Crippen LogP contribution >= 0.6 is 0 Å². The molecule has 0 aliphatic carbocycles. The van der Waals surface area contributed by atoms with Crippen LogP contribution in [-0.4, -0.2) is 74.7 Å². The summed E-state index contributed by atoms with van der Waals surface area (Å²) in [6, 6.07) is 3.64. The highest BCUT2D eigenvalue weighted by atomic mass is 32.2. The average Bonchev–Trinajstić information content (AvgIpc) is 3.39. The van der Waals surface area contributed by atoms with Crippen molar-refractivity contribution >= 4 is 10.1 Å². The van der Waals surface area contributed by atoms with Crippen LogP contribution < -0.4 is 0 Å². The average molecular weight is 373 g/mol. The lowest BCUT2D eigenvalue weighted by Gasteiger charge is -2.33. The zero-order valence-corrected chi connectivity index (χ0v) is 15.8. The standard InChI is InChI=1S/C10H20NO2.C7H8O4S/c1-3-4-11(2,5-9-7-12-9)6-10-8-13-10;1-5-2-3-6(8)4-7(5)12(9,10)11/h9-10H,3-8H2,1-2H3;2-4,8H,1H3,(H,9,10,11)/q+1;/p-1. The highest BCUT2D eigenvalue weighted by Crippen LogP contribution is 2.21. The fourth-order valence-electron chi connectivity index (χ4n) is 2.99. The predicted molar refractivity (Wildman–Crippen MR) is 91.4 cm³/mol. The Kier molecular flexibility index (Phi) is 6.45. The molecule has 0 radical (unpaired) electrons. The van der Waals surface area contributed by atoms with Crippen molar-refractivity contribution in [1.29, 1.82) is 0 Å². The largest absolute Gasteiger partial charge is 0.744 e. The van der Waals surface area contributed by atoms with E-state index in [-0.39, 0.29) is 10.6 Å². The Balaban J connectivity index is 0.000000181. The second-order valence-electron chi connectivity index (χ2n) is 7.02. The third kappa shape index (κ3) is 6.91. The van der Waals surface area contributed by atoms with Gasteiger partial charge in [0, 0.05) is 0 Å². The quantitative estimate of drug-likeness (QED) is 0.438. The maximum atomic E-state index is 10.5. The molecule has 25 heavy (non-hydrogen) atoms. The van der Waals surface area contributed by atoms with E-state index in [1.807, 2.05) is 0 Å². The summed E-state index contributed by atoms with van der Waals surface area (Å²) < 4.78 is 43.3. The molecular formula is C17H27NO6S. The highest BCUT2D eigenvalue weighted by molar-refractivity contribution is 7.85. The topological polar surface area (TPSA) is 102 Å². The number of ether oxygens (including phenoxy) is 2. The van der Waals surface area contributed by atoms with Gasteiger partial charge in [-0.15, -0.1) is 0 Å². The van der Waals surface area contributed by atoms with Crippen LogP contribution in [-0.2, 0) is 19.6 Å². The molecule has 2 aliphatic rings. The van der Waals surface area contributed by atoms with Crippen LogP contribution in [0.15, 0.2) is 23.1 Å². The number of hydrogen-bond donors (Lipinski definition) is 1. The van der Waals surface area contributed by atoms with E-state index >= 15 is 0 Å². The Morgan fingerprint density at radius 3 is 2.12 bits per heavy atom. The second-order valence-corrected chi connectivity index (χ2v) is 8.37. The van der Waals surface area contributed by atoms with Gasteiger partial charge in [-0.1, -0.05) is 13.0 Å². The van der Waals surface area contributed by atoms with Crippen LogP contribution in [0.25, 0.3) is 0 Å². The van der Waals surface area contributed by atoms with E-state index in [9.17, 15) is 13.0 Å². The highest BCUT2D eigenvalue weighted by Gasteiger charge is 2.38. The van der Waals surface area contributed by atoms with Gasteiger partial charge >= 0.3 is 0 Å². The van der Waals surface area contributed by atoms with Crippen molar-refractivity contribution in [3.8, 4) is 5.75 Å². The summed E-state index contributed by atoms with van der Waals surface area (Å²) in [4.78, 5) is -0.373. The number of phenolic OH excluding ortho intramolecular Hbond substituents is 1. The van der Waals surface area contributed by atoms with E-state index in [2.05, 4.69) is 14.0 Å². The Bertz CT molecular complexity index is 668. The van der Waals surface area contributed by atoms with E-state index in [4.69, 9.17) is 14.6 Å². The van der Waals surface area contributed by atoms with Crippen LogP contribution in [0.5, 0.6) is 5.75 Å². The first kappa shape index (κ1) is 20.1. The monoisotopic (exact) mass is 373 g/mol. The van der Waals surface area contributed by atoms with Crippen molar-refractivity contribution < 1.29 is 32.0 Å². The molecule has 1 aromatic carbocycles. The molecular weight excluding hydrogens is 346 g/mol. The summed E-state index contributed by atoms with van der Waals surface area (Å²) in [7, 11) is -2.14. The summed E-state index contributed by atoms with van der Waals surface area (Å²) in [6.45, 7) is 9.29. The van der Waals surface area contributed by atoms with E-state index in [0.29, 0.717) is 17.8 Å². The maximum absolute atomic E-state index is 10.5. The van der Waals surface area contributed by atoms with E-state index < -0.39 is 10.1 Å². The number of rotatable bonds is 7. The van der Waals surface area contributed by atoms with Crippen molar-refractivity contribution in [1.82, 2.24) is 0 Å². The van der Waals surface area contributed by atoms with Crippen LogP contribution in [0, 0.1) is 6.92 Å². The van der Waals surface area contributed by atoms with Gasteiger partial charge in [0.15, 0.2) is 0 Å². The first-order chi connectivity index (χ1) is 11.6. The third-order valence-electron chi connectivity index (χ3n) is 4.30. The van der Waals surface area contributed by atoms with Crippen molar-refractivity contribution in [2.45, 2.75) is 37.4 Å². The second kappa shape index (κ2) is 8.01. The maximum Gasteiger partial charge on any atom is 0.130 e. The van der Waals surface area contributed by atoms with Crippen molar-refractivity contribution in [3.05, 3.63) is 23.8 Å². The molecule has 2 saturated heterocycles. The molecule has 2 atom stereocenters. The lowest BCUT2D eigenvalue weighted by molar-refractivity contribution is -0.910. The number of phenols is 1. The van der Waals surface area contributed by atoms with Crippen molar-refractivity contribution in [2.75, 3.05) is 39.9 Å². The number of nitrogens with zero attached hydrogens (tertiary/aromatic N) is 1. The molecule has 2 heterocycles. The zero-order chi connectivity index (χ0) is 18.7. The summed E-state index contributed by atoms with van der Waals surface area (Å²) in [6.07, 6.45) is 2.32. The fourth-order valence-corrected chi connectivity index (χ4v) is 3.71. The number of hydrogen-bond acceptors (Lipinski definition) is 6. The molecule has 8 heteroatoms. The number of benzene rings is 1. The number of quaternary nitrogens is 1. The van der Waals surface area contributed by atoms with Gasteiger partial charge in [0.2, 0.25) is 0 Å². The van der Waals surface area contributed by atoms with E-state index in [1.165, 1.54) is 45.1 Å². The minimum absolute atomic E-state index is 0.227. The summed E-state index contributed by atoms with van der Waals surface area (Å²) in [5.74, 6) is -0.227. The first-order valence-electron chi connectivity index (χ1n) is 8.45. The van der Waals surface area contributed by atoms with Crippen LogP contribution in [0.3, 0.4) is 0 Å². The minimum atomic E-state index is -4.47. The van der Waals surface area contributed by atoms with Gasteiger partial charge in [-0.25, -0.2) is 8.42 Å². The SMILES string of the molecule is CCC[N+](C)(CC1CO1)CC1CO1.Cc1ccc(O)cc1S(=O)(=O)[O-]. The number of aromatic hydroxyl groups is 1. The van der Waals surface area contributed by atoms with Gasteiger partial charge < -0.3 is 23.6 Å². The molecule has 0 aromatic heterocycles. The van der Waals surface area contributed by atoms with Crippen LogP contribution in [0.4, 0.5) is 0 Å². The molecule has 142 valence electrons. The van der Waals surface area contributed by atoms with Gasteiger partial charge in [-0.2, -0.15) is 0 Å². The number of aryl methyl sites for hydroxylation is 1. The Morgan fingerprint density at radius 2 is 1.76 bits per heavy atom. The first-order valence-corrected chi connectivity index (χ1v) is 9.86. The molecule has 2 aliphatic heterocycles. The predicted octanol–water partition coefficient (Wildman–Crippen LogP) is 1.25. The van der Waals surface area contributed by atoms with Gasteiger partial charge in [-0.3, -0.25) is 0 Å².